The molecule has 0 saturated carbocycles. The molecule has 0 atom stereocenters. The van der Waals surface area contributed by atoms with Gasteiger partial charge in [0.2, 0.25) is 0 Å². The summed E-state index contributed by atoms with van der Waals surface area (Å²) < 4.78 is 12.6. The first kappa shape index (κ1) is 15.9. The number of nitrogens with one attached hydrogen (secondary N) is 2. The van der Waals surface area contributed by atoms with Gasteiger partial charge in [0.05, 0.1) is 18.5 Å². The van der Waals surface area contributed by atoms with Gasteiger partial charge in [-0.3, -0.25) is 0 Å². The van der Waals surface area contributed by atoms with Gasteiger partial charge >= 0.3 is 6.03 Å². The normalized spacial score (nSPS) is 12.7. The molecule has 3 aromatic rings. The van der Waals surface area contributed by atoms with Crippen LogP contribution in [0.15, 0.2) is 42.5 Å². The van der Waals surface area contributed by atoms with Crippen molar-refractivity contribution in [3.05, 3.63) is 53.9 Å². The van der Waals surface area contributed by atoms with Gasteiger partial charge in [0.15, 0.2) is 5.82 Å². The lowest BCUT2D eigenvalue weighted by Crippen LogP contribution is -2.33. The van der Waals surface area contributed by atoms with Crippen molar-refractivity contribution < 1.29 is 14.3 Å². The van der Waals surface area contributed by atoms with E-state index >= 15 is 0 Å². The fourth-order valence-corrected chi connectivity index (χ4v) is 2.63. The molecule has 0 bridgehead atoms. The zero-order chi connectivity index (χ0) is 17.9. The molecule has 0 saturated heterocycles. The Hall–Kier alpha value is -3.62. The number of rotatable bonds is 5. The quantitative estimate of drug-likeness (QED) is 0.727. The average Bonchev–Trinajstić information content (AvgIpc) is 3.14. The number of tetrazole rings is 1. The lowest BCUT2D eigenvalue weighted by atomic mass is 10.1. The van der Waals surface area contributed by atoms with Crippen molar-refractivity contribution in [1.29, 1.82) is 0 Å². The van der Waals surface area contributed by atoms with Crippen LogP contribution in [0.2, 0.25) is 0 Å². The summed E-state index contributed by atoms with van der Waals surface area (Å²) in [5.74, 6) is 1.93. The van der Waals surface area contributed by atoms with Crippen LogP contribution < -0.4 is 20.1 Å². The minimum Gasteiger partial charge on any atom is -0.497 e. The number of fused-ring (bicyclic) bond motifs is 1. The van der Waals surface area contributed by atoms with Crippen molar-refractivity contribution in [3.63, 3.8) is 0 Å². The molecule has 0 spiro atoms. The Kier molecular flexibility index (Phi) is 4.10. The number of amides is 2. The number of carbonyl (C=O) groups excluding carboxylic acids is 1. The zero-order valence-corrected chi connectivity index (χ0v) is 14.0. The Morgan fingerprint density at radius 3 is 2.77 bits per heavy atom. The second kappa shape index (κ2) is 6.71. The molecule has 2 aromatic carbocycles. The van der Waals surface area contributed by atoms with E-state index in [1.54, 1.807) is 17.9 Å². The molecule has 0 aliphatic carbocycles. The maximum absolute atomic E-state index is 11.4. The number of methoxy groups -OCH3 is 1. The lowest BCUT2D eigenvalue weighted by Gasteiger charge is -2.19. The molecule has 0 fully saturated rings. The minimum atomic E-state index is -0.224. The molecule has 4 rings (SSSR count). The zero-order valence-electron chi connectivity index (χ0n) is 14.0. The molecular formula is C17H16N6O3. The molecule has 132 valence electrons. The Morgan fingerprint density at radius 1 is 1.15 bits per heavy atom. The van der Waals surface area contributed by atoms with Gasteiger partial charge in [-0.25, -0.2) is 4.79 Å². The van der Waals surface area contributed by atoms with Crippen LogP contribution in [0.3, 0.4) is 0 Å². The standard InChI is InChI=1S/C17H16N6O3/c1-25-13-6-3-12(4-7-13)23-16(20-21-22-23)10-26-14-5-2-11-9-18-17(24)19-15(11)8-14/h2-8H,9-10H2,1H3,(H2,18,19,24). The smallest absolute Gasteiger partial charge is 0.319 e. The highest BCUT2D eigenvalue weighted by atomic mass is 16.5. The second-order valence-electron chi connectivity index (χ2n) is 5.62. The monoisotopic (exact) mass is 352 g/mol. The van der Waals surface area contributed by atoms with Crippen LogP contribution in [0.1, 0.15) is 11.4 Å². The van der Waals surface area contributed by atoms with E-state index in [2.05, 4.69) is 26.2 Å². The molecule has 1 aromatic heterocycles. The molecule has 2 N–H and O–H groups in total. The molecule has 2 heterocycles. The van der Waals surface area contributed by atoms with Crippen LogP contribution in [0.5, 0.6) is 11.5 Å². The van der Waals surface area contributed by atoms with Gasteiger partial charge in [-0.1, -0.05) is 6.07 Å². The summed E-state index contributed by atoms with van der Waals surface area (Å²) in [4.78, 5) is 11.4. The third kappa shape index (κ3) is 3.14. The van der Waals surface area contributed by atoms with Gasteiger partial charge in [0, 0.05) is 12.6 Å². The minimum absolute atomic E-state index is 0.185. The number of nitrogens with zero attached hydrogens (tertiary/aromatic N) is 4. The van der Waals surface area contributed by atoms with E-state index in [0.717, 1.165) is 22.7 Å². The maximum atomic E-state index is 11.4. The van der Waals surface area contributed by atoms with E-state index in [4.69, 9.17) is 9.47 Å². The van der Waals surface area contributed by atoms with Gasteiger partial charge in [0.25, 0.3) is 0 Å². The third-order valence-corrected chi connectivity index (χ3v) is 3.99. The molecule has 9 heteroatoms. The summed E-state index contributed by atoms with van der Waals surface area (Å²) in [5.41, 5.74) is 2.54. The topological polar surface area (TPSA) is 103 Å². The van der Waals surface area contributed by atoms with E-state index in [-0.39, 0.29) is 12.6 Å². The van der Waals surface area contributed by atoms with Crippen LogP contribution >= 0.6 is 0 Å². The van der Waals surface area contributed by atoms with Crippen molar-refractivity contribution in [3.8, 4) is 17.2 Å². The number of hydrogen-bond acceptors (Lipinski definition) is 6. The SMILES string of the molecule is COc1ccc(-n2nnnc2COc2ccc3c(c2)NC(=O)NC3)cc1. The van der Waals surface area contributed by atoms with Gasteiger partial charge in [0.1, 0.15) is 18.1 Å². The lowest BCUT2D eigenvalue weighted by molar-refractivity contribution is 0.251. The average molecular weight is 352 g/mol. The van der Waals surface area contributed by atoms with E-state index in [1.165, 1.54) is 0 Å². The summed E-state index contributed by atoms with van der Waals surface area (Å²) in [6.45, 7) is 0.682. The second-order valence-corrected chi connectivity index (χ2v) is 5.62. The molecule has 1 aliphatic rings. The van der Waals surface area contributed by atoms with Crippen molar-refractivity contribution in [2.45, 2.75) is 13.2 Å². The Labute approximate surface area is 148 Å². The van der Waals surface area contributed by atoms with Gasteiger partial charge in [-0.15, -0.1) is 5.10 Å². The molecule has 0 unspecified atom stereocenters. The van der Waals surface area contributed by atoms with Crippen molar-refractivity contribution in [1.82, 2.24) is 25.5 Å². The van der Waals surface area contributed by atoms with Crippen molar-refractivity contribution in [2.24, 2.45) is 0 Å². The van der Waals surface area contributed by atoms with Crippen LogP contribution in [0.4, 0.5) is 10.5 Å². The highest BCUT2D eigenvalue weighted by Crippen LogP contribution is 2.25. The highest BCUT2D eigenvalue weighted by molar-refractivity contribution is 5.92. The molecule has 0 radical (unpaired) electrons. The summed E-state index contributed by atoms with van der Waals surface area (Å²) >= 11 is 0. The summed E-state index contributed by atoms with van der Waals surface area (Å²) in [6.07, 6.45) is 0. The van der Waals surface area contributed by atoms with Crippen LogP contribution in [-0.2, 0) is 13.2 Å². The Balaban J connectivity index is 1.50. The van der Waals surface area contributed by atoms with Crippen LogP contribution in [-0.4, -0.2) is 33.3 Å². The number of anilines is 1. The first-order valence-corrected chi connectivity index (χ1v) is 7.95. The largest absolute Gasteiger partial charge is 0.497 e. The number of carbonyl (C=O) groups is 1. The number of hydrogen-bond donors (Lipinski definition) is 2. The van der Waals surface area contributed by atoms with E-state index in [1.807, 2.05) is 36.4 Å². The summed E-state index contributed by atoms with van der Waals surface area (Å²) in [5, 5.41) is 17.2. The van der Waals surface area contributed by atoms with Crippen LogP contribution in [0.25, 0.3) is 5.69 Å². The third-order valence-electron chi connectivity index (χ3n) is 3.99. The first-order chi connectivity index (χ1) is 12.7. The fraction of sp³-hybridized carbons (Fsp3) is 0.176. The molecule has 9 nitrogen and oxygen atoms in total. The number of ether oxygens (including phenoxy) is 2. The van der Waals surface area contributed by atoms with Gasteiger partial charge in [-0.2, -0.15) is 4.68 Å². The first-order valence-electron chi connectivity index (χ1n) is 7.95. The predicted octanol–water partition coefficient (Wildman–Crippen LogP) is 1.89. The Morgan fingerprint density at radius 2 is 1.96 bits per heavy atom. The molecule has 1 aliphatic heterocycles. The number of benzene rings is 2. The molecule has 2 amide bonds. The summed E-state index contributed by atoms with van der Waals surface area (Å²) in [6, 6.07) is 12.7. The predicted molar refractivity (Wildman–Crippen MR) is 92.3 cm³/mol. The van der Waals surface area contributed by atoms with Crippen LogP contribution in [0, 0.1) is 0 Å². The Bertz CT molecular complexity index is 938. The maximum Gasteiger partial charge on any atom is 0.319 e. The van der Waals surface area contributed by atoms with Crippen molar-refractivity contribution >= 4 is 11.7 Å². The molecule has 26 heavy (non-hydrogen) atoms. The van der Waals surface area contributed by atoms with E-state index in [9.17, 15) is 4.79 Å². The molecular weight excluding hydrogens is 336 g/mol. The van der Waals surface area contributed by atoms with Gasteiger partial charge < -0.3 is 20.1 Å². The van der Waals surface area contributed by atoms with E-state index < -0.39 is 0 Å². The number of urea groups is 1. The number of aromatic nitrogens is 4. The van der Waals surface area contributed by atoms with Gasteiger partial charge in [-0.05, 0) is 46.3 Å². The fourth-order valence-electron chi connectivity index (χ4n) is 2.63. The summed E-state index contributed by atoms with van der Waals surface area (Å²) in [7, 11) is 1.61. The highest BCUT2D eigenvalue weighted by Gasteiger charge is 2.15. The van der Waals surface area contributed by atoms with E-state index in [0.29, 0.717) is 18.1 Å². The van der Waals surface area contributed by atoms with Crippen molar-refractivity contribution in [2.75, 3.05) is 12.4 Å².